The summed E-state index contributed by atoms with van der Waals surface area (Å²) in [6.07, 6.45) is 0. The Labute approximate surface area is 167 Å². The third kappa shape index (κ3) is 3.89. The molecule has 0 saturated heterocycles. The molecule has 0 radical (unpaired) electrons. The number of aryl methyl sites for hydroxylation is 2. The first-order valence-corrected chi connectivity index (χ1v) is 9.86. The molecule has 0 spiro atoms. The fourth-order valence-corrected chi connectivity index (χ4v) is 3.78. The van der Waals surface area contributed by atoms with Crippen molar-refractivity contribution >= 4 is 29.1 Å². The van der Waals surface area contributed by atoms with Crippen LogP contribution in [0.4, 0.5) is 5.69 Å². The molecule has 140 valence electrons. The minimum atomic E-state index is -0.0908. The van der Waals surface area contributed by atoms with E-state index in [9.17, 15) is 4.79 Å². The van der Waals surface area contributed by atoms with Crippen molar-refractivity contribution in [3.8, 4) is 11.1 Å². The molecule has 28 heavy (non-hydrogen) atoms. The summed E-state index contributed by atoms with van der Waals surface area (Å²) < 4.78 is 1.86. The van der Waals surface area contributed by atoms with Gasteiger partial charge in [0.25, 0.3) is 5.78 Å². The third-order valence-electron chi connectivity index (χ3n) is 4.27. The lowest BCUT2D eigenvalue weighted by Crippen LogP contribution is -2.14. The van der Waals surface area contributed by atoms with E-state index in [1.165, 1.54) is 11.8 Å². The van der Waals surface area contributed by atoms with E-state index >= 15 is 0 Å². The lowest BCUT2D eigenvalue weighted by molar-refractivity contribution is -0.113. The Morgan fingerprint density at radius 1 is 1.00 bits per heavy atom. The molecule has 2 aromatic carbocycles. The lowest BCUT2D eigenvalue weighted by atomic mass is 10.1. The maximum atomic E-state index is 12.3. The van der Waals surface area contributed by atoms with Crippen LogP contribution in [0.3, 0.4) is 0 Å². The first-order valence-electron chi connectivity index (χ1n) is 8.88. The highest BCUT2D eigenvalue weighted by molar-refractivity contribution is 7.99. The summed E-state index contributed by atoms with van der Waals surface area (Å²) >= 11 is 1.34. The molecule has 2 aromatic heterocycles. The van der Waals surface area contributed by atoms with Gasteiger partial charge in [-0.1, -0.05) is 54.2 Å². The van der Waals surface area contributed by atoms with E-state index in [1.54, 1.807) is 0 Å². The minimum absolute atomic E-state index is 0.0908. The highest BCUT2D eigenvalue weighted by atomic mass is 32.2. The highest BCUT2D eigenvalue weighted by Gasteiger charge is 2.12. The van der Waals surface area contributed by atoms with Gasteiger partial charge in [0.15, 0.2) is 5.16 Å². The number of carbonyl (C=O) groups excluding carboxylic acids is 1. The molecule has 0 bridgehead atoms. The third-order valence-corrected chi connectivity index (χ3v) is 5.20. The SMILES string of the molecule is Cc1cc(C)n2c(SCC(=O)Nc3ccc(-c4ccccc4)cc3)nnc2n1. The zero-order chi connectivity index (χ0) is 19.5. The van der Waals surface area contributed by atoms with Gasteiger partial charge in [-0.3, -0.25) is 9.20 Å². The van der Waals surface area contributed by atoms with Gasteiger partial charge in [0.1, 0.15) is 0 Å². The van der Waals surface area contributed by atoms with Crippen LogP contribution in [0.5, 0.6) is 0 Å². The molecule has 1 N–H and O–H groups in total. The van der Waals surface area contributed by atoms with Crippen LogP contribution in [0.15, 0.2) is 65.8 Å². The van der Waals surface area contributed by atoms with Gasteiger partial charge in [0.05, 0.1) is 5.75 Å². The van der Waals surface area contributed by atoms with E-state index in [0.29, 0.717) is 10.9 Å². The maximum Gasteiger partial charge on any atom is 0.256 e. The first kappa shape index (κ1) is 18.2. The predicted octanol–water partition coefficient (Wildman–Crippen LogP) is 4.14. The molecule has 1 amide bonds. The van der Waals surface area contributed by atoms with Crippen molar-refractivity contribution in [2.24, 2.45) is 0 Å². The Morgan fingerprint density at radius 2 is 1.71 bits per heavy atom. The second kappa shape index (κ2) is 7.82. The number of rotatable bonds is 5. The van der Waals surface area contributed by atoms with Crippen LogP contribution in [-0.2, 0) is 4.79 Å². The Hall–Kier alpha value is -3.19. The van der Waals surface area contributed by atoms with Crippen molar-refractivity contribution in [2.45, 2.75) is 19.0 Å². The van der Waals surface area contributed by atoms with Crippen molar-refractivity contribution in [3.63, 3.8) is 0 Å². The molecule has 0 saturated carbocycles. The molecule has 4 aromatic rings. The average molecular weight is 389 g/mol. The normalized spacial score (nSPS) is 10.9. The van der Waals surface area contributed by atoms with E-state index in [2.05, 4.69) is 32.6 Å². The number of carbonyl (C=O) groups is 1. The number of thioether (sulfide) groups is 1. The van der Waals surface area contributed by atoms with E-state index in [-0.39, 0.29) is 11.7 Å². The van der Waals surface area contributed by atoms with Crippen molar-refractivity contribution in [1.82, 2.24) is 19.6 Å². The second-order valence-corrected chi connectivity index (χ2v) is 7.38. The number of fused-ring (bicyclic) bond motifs is 1. The Morgan fingerprint density at radius 3 is 2.46 bits per heavy atom. The standard InChI is InChI=1S/C21H19N5OS/c1-14-12-15(2)26-20(22-14)24-25-21(26)28-13-19(27)23-18-10-8-17(9-11-18)16-6-4-3-5-7-16/h3-12H,13H2,1-2H3,(H,23,27). The number of benzene rings is 2. The summed E-state index contributed by atoms with van der Waals surface area (Å²) in [6, 6.07) is 19.9. The number of nitrogens with one attached hydrogen (secondary N) is 1. The maximum absolute atomic E-state index is 12.3. The number of amides is 1. The molecular formula is C21H19N5OS. The Kier molecular flexibility index (Phi) is 5.08. The fourth-order valence-electron chi connectivity index (χ4n) is 3.00. The minimum Gasteiger partial charge on any atom is -0.325 e. The van der Waals surface area contributed by atoms with Crippen LogP contribution in [-0.4, -0.2) is 31.2 Å². The van der Waals surface area contributed by atoms with Crippen molar-refractivity contribution < 1.29 is 4.79 Å². The summed E-state index contributed by atoms with van der Waals surface area (Å²) in [6.45, 7) is 3.90. The van der Waals surface area contributed by atoms with Gasteiger partial charge < -0.3 is 5.32 Å². The summed E-state index contributed by atoms with van der Waals surface area (Å²) in [5.41, 5.74) is 4.91. The highest BCUT2D eigenvalue weighted by Crippen LogP contribution is 2.22. The van der Waals surface area contributed by atoms with E-state index in [4.69, 9.17) is 0 Å². The molecule has 0 atom stereocenters. The molecular weight excluding hydrogens is 370 g/mol. The van der Waals surface area contributed by atoms with Gasteiger partial charge >= 0.3 is 0 Å². The summed E-state index contributed by atoms with van der Waals surface area (Å²) in [4.78, 5) is 16.7. The smallest absolute Gasteiger partial charge is 0.256 e. The van der Waals surface area contributed by atoms with Gasteiger partial charge in [0.2, 0.25) is 5.91 Å². The predicted molar refractivity (Wildman–Crippen MR) is 111 cm³/mol. The number of hydrogen-bond donors (Lipinski definition) is 1. The van der Waals surface area contributed by atoms with E-state index < -0.39 is 0 Å². The molecule has 0 aliphatic heterocycles. The van der Waals surface area contributed by atoms with Crippen LogP contribution >= 0.6 is 11.8 Å². The van der Waals surface area contributed by atoms with Crippen LogP contribution in [0.25, 0.3) is 16.9 Å². The lowest BCUT2D eigenvalue weighted by Gasteiger charge is -2.07. The largest absolute Gasteiger partial charge is 0.325 e. The number of hydrogen-bond acceptors (Lipinski definition) is 5. The van der Waals surface area contributed by atoms with Crippen molar-refractivity contribution in [3.05, 3.63) is 72.1 Å². The van der Waals surface area contributed by atoms with E-state index in [1.807, 2.05) is 66.8 Å². The molecule has 0 fully saturated rings. The van der Waals surface area contributed by atoms with Gasteiger partial charge in [-0.05, 0) is 43.2 Å². The second-order valence-electron chi connectivity index (χ2n) is 6.44. The summed E-state index contributed by atoms with van der Waals surface area (Å²) in [5.74, 6) is 0.706. The van der Waals surface area contributed by atoms with Crippen LogP contribution < -0.4 is 5.32 Å². The molecule has 0 aliphatic rings. The van der Waals surface area contributed by atoms with Crippen molar-refractivity contribution in [2.75, 3.05) is 11.1 Å². The Bertz CT molecular complexity index is 1120. The van der Waals surface area contributed by atoms with Crippen LogP contribution in [0.2, 0.25) is 0 Å². The monoisotopic (exact) mass is 389 g/mol. The van der Waals surface area contributed by atoms with E-state index in [0.717, 1.165) is 28.2 Å². The van der Waals surface area contributed by atoms with Gasteiger partial charge in [0, 0.05) is 17.1 Å². The number of anilines is 1. The molecule has 0 aliphatic carbocycles. The molecule has 7 heteroatoms. The van der Waals surface area contributed by atoms with Gasteiger partial charge in [-0.2, -0.15) is 0 Å². The summed E-state index contributed by atoms with van der Waals surface area (Å²) in [7, 11) is 0. The van der Waals surface area contributed by atoms with Gasteiger partial charge in [-0.15, -0.1) is 10.2 Å². The zero-order valence-electron chi connectivity index (χ0n) is 15.6. The topological polar surface area (TPSA) is 72.2 Å². The first-order chi connectivity index (χ1) is 13.6. The molecule has 6 nitrogen and oxygen atoms in total. The molecule has 4 rings (SSSR count). The van der Waals surface area contributed by atoms with Gasteiger partial charge in [-0.25, -0.2) is 4.98 Å². The number of nitrogens with zero attached hydrogens (tertiary/aromatic N) is 4. The average Bonchev–Trinajstić information content (AvgIpc) is 3.11. The molecule has 2 heterocycles. The van der Waals surface area contributed by atoms with Crippen LogP contribution in [0, 0.1) is 13.8 Å². The quantitative estimate of drug-likeness (QED) is 0.520. The zero-order valence-corrected chi connectivity index (χ0v) is 16.4. The van der Waals surface area contributed by atoms with Crippen molar-refractivity contribution in [1.29, 1.82) is 0 Å². The fraction of sp³-hybridized carbons (Fsp3) is 0.143. The van der Waals surface area contributed by atoms with Crippen LogP contribution in [0.1, 0.15) is 11.4 Å². The number of aromatic nitrogens is 4. The summed E-state index contributed by atoms with van der Waals surface area (Å²) in [5, 5.41) is 11.8. The molecule has 0 unspecified atom stereocenters. The Balaban J connectivity index is 1.40.